The molecule has 8 heteroatoms. The number of fused-ring (bicyclic) bond motifs is 1. The van der Waals surface area contributed by atoms with E-state index in [0.29, 0.717) is 23.9 Å². The molecule has 4 rings (SSSR count). The van der Waals surface area contributed by atoms with Crippen LogP contribution in [0.5, 0.6) is 0 Å². The van der Waals surface area contributed by atoms with E-state index in [1.807, 2.05) is 32.0 Å². The van der Waals surface area contributed by atoms with Gasteiger partial charge in [-0.25, -0.2) is 0 Å². The quantitative estimate of drug-likeness (QED) is 0.764. The Bertz CT molecular complexity index is 886. The molecule has 1 aromatic heterocycles. The van der Waals surface area contributed by atoms with Crippen molar-refractivity contribution >= 4 is 16.6 Å². The number of aromatic nitrogens is 1. The van der Waals surface area contributed by atoms with Crippen LogP contribution in [0.1, 0.15) is 32.4 Å². The molecular formula is C22H30F3N3O2. The molecule has 0 aliphatic carbocycles. The van der Waals surface area contributed by atoms with Gasteiger partial charge in [0.2, 0.25) is 0 Å². The van der Waals surface area contributed by atoms with Crippen molar-refractivity contribution in [2.24, 2.45) is 0 Å². The molecule has 30 heavy (non-hydrogen) atoms. The highest BCUT2D eigenvalue weighted by Gasteiger charge is 2.34. The zero-order valence-electron chi connectivity index (χ0n) is 17.8. The number of nitrogens with one attached hydrogen (secondary N) is 1. The van der Waals surface area contributed by atoms with Gasteiger partial charge >= 0.3 is 6.18 Å². The van der Waals surface area contributed by atoms with E-state index in [9.17, 15) is 13.2 Å². The summed E-state index contributed by atoms with van der Waals surface area (Å²) in [5.41, 5.74) is 2.14. The fourth-order valence-corrected chi connectivity index (χ4v) is 4.55. The monoisotopic (exact) mass is 425 g/mol. The van der Waals surface area contributed by atoms with Gasteiger partial charge in [0.05, 0.1) is 18.2 Å². The predicted molar refractivity (Wildman–Crippen MR) is 111 cm³/mol. The van der Waals surface area contributed by atoms with Crippen LogP contribution < -0.4 is 5.32 Å². The van der Waals surface area contributed by atoms with Crippen LogP contribution in [-0.2, 0) is 16.0 Å². The first-order valence-corrected chi connectivity index (χ1v) is 10.6. The molecule has 1 aromatic carbocycles. The van der Waals surface area contributed by atoms with E-state index in [4.69, 9.17) is 9.47 Å². The lowest BCUT2D eigenvalue weighted by Gasteiger charge is -2.34. The van der Waals surface area contributed by atoms with Crippen LogP contribution >= 0.6 is 0 Å². The Balaban J connectivity index is 1.38. The average Bonchev–Trinajstić information content (AvgIpc) is 3.15. The second kappa shape index (κ2) is 8.05. The number of benzene rings is 1. The first-order valence-electron chi connectivity index (χ1n) is 10.6. The number of alkyl halides is 3. The molecule has 2 fully saturated rings. The summed E-state index contributed by atoms with van der Waals surface area (Å²) in [4.78, 5) is 2.40. The number of likely N-dealkylation sites (tertiary alicyclic amines) is 1. The van der Waals surface area contributed by atoms with Crippen molar-refractivity contribution in [2.75, 3.05) is 31.6 Å². The Hall–Kier alpha value is -1.77. The SMILES string of the molecule is Cc1cc2c(NC3CCN(CC4COC(C)(C)O4)CC3)cccc2n1CC(F)(F)F. The lowest BCUT2D eigenvalue weighted by Crippen LogP contribution is -2.43. The Morgan fingerprint density at radius 3 is 2.57 bits per heavy atom. The van der Waals surface area contributed by atoms with Crippen LogP contribution in [-0.4, -0.2) is 59.8 Å². The maximum Gasteiger partial charge on any atom is 0.406 e. The van der Waals surface area contributed by atoms with Crippen molar-refractivity contribution in [3.63, 3.8) is 0 Å². The van der Waals surface area contributed by atoms with Crippen molar-refractivity contribution in [3.05, 3.63) is 30.0 Å². The standard InChI is InChI=1S/C22H30F3N3O2/c1-15-11-18-19(5-4-6-20(18)28(15)14-22(23,24)25)26-16-7-9-27(10-8-16)12-17-13-29-21(2,3)30-17/h4-6,11,16-17,26H,7-10,12-14H2,1-3H3. The molecule has 1 unspecified atom stereocenters. The van der Waals surface area contributed by atoms with E-state index >= 15 is 0 Å². The molecule has 1 atom stereocenters. The van der Waals surface area contributed by atoms with Crippen molar-refractivity contribution in [3.8, 4) is 0 Å². The summed E-state index contributed by atoms with van der Waals surface area (Å²) >= 11 is 0. The van der Waals surface area contributed by atoms with Gasteiger partial charge in [-0.15, -0.1) is 0 Å². The number of ether oxygens (including phenoxy) is 2. The van der Waals surface area contributed by atoms with E-state index in [1.54, 1.807) is 13.0 Å². The first kappa shape index (κ1) is 21.5. The van der Waals surface area contributed by atoms with Crippen molar-refractivity contribution < 1.29 is 22.6 Å². The lowest BCUT2D eigenvalue weighted by molar-refractivity contribution is -0.141. The predicted octanol–water partition coefficient (Wildman–Crippen LogP) is 4.54. The second-order valence-electron chi connectivity index (χ2n) is 8.90. The van der Waals surface area contributed by atoms with Gasteiger partial charge in [0.1, 0.15) is 6.54 Å². The van der Waals surface area contributed by atoms with Gasteiger partial charge in [0.15, 0.2) is 5.79 Å². The molecule has 0 spiro atoms. The van der Waals surface area contributed by atoms with Crippen LogP contribution in [0.15, 0.2) is 24.3 Å². The average molecular weight is 425 g/mol. The Morgan fingerprint density at radius 2 is 1.93 bits per heavy atom. The molecule has 1 N–H and O–H groups in total. The van der Waals surface area contributed by atoms with E-state index in [-0.39, 0.29) is 6.10 Å². The summed E-state index contributed by atoms with van der Waals surface area (Å²) in [5, 5.41) is 4.42. The van der Waals surface area contributed by atoms with Crippen molar-refractivity contribution in [1.82, 2.24) is 9.47 Å². The number of anilines is 1. The third-order valence-electron chi connectivity index (χ3n) is 5.97. The van der Waals surface area contributed by atoms with Crippen LogP contribution in [0.4, 0.5) is 18.9 Å². The number of rotatable bonds is 5. The molecule has 0 bridgehead atoms. The van der Waals surface area contributed by atoms with Crippen LogP contribution in [0.25, 0.3) is 10.9 Å². The molecular weight excluding hydrogens is 395 g/mol. The topological polar surface area (TPSA) is 38.7 Å². The van der Waals surface area contributed by atoms with Gasteiger partial charge in [0.25, 0.3) is 0 Å². The number of aryl methyl sites for hydroxylation is 1. The smallest absolute Gasteiger partial charge is 0.382 e. The highest BCUT2D eigenvalue weighted by molar-refractivity contribution is 5.93. The number of hydrogen-bond donors (Lipinski definition) is 1. The highest BCUT2D eigenvalue weighted by atomic mass is 19.4. The summed E-state index contributed by atoms with van der Waals surface area (Å²) in [6, 6.07) is 7.68. The largest absolute Gasteiger partial charge is 0.406 e. The molecule has 2 aliphatic rings. The van der Waals surface area contributed by atoms with Gasteiger partial charge in [0, 0.05) is 42.4 Å². The normalized spacial score (nSPS) is 23.3. The van der Waals surface area contributed by atoms with E-state index in [0.717, 1.165) is 43.5 Å². The zero-order chi connectivity index (χ0) is 21.5. The number of halogens is 3. The van der Waals surface area contributed by atoms with Gasteiger partial charge in [-0.1, -0.05) is 6.07 Å². The third kappa shape index (κ3) is 4.92. The van der Waals surface area contributed by atoms with Crippen LogP contribution in [0, 0.1) is 6.92 Å². The van der Waals surface area contributed by atoms with E-state index < -0.39 is 18.5 Å². The molecule has 2 aliphatic heterocycles. The minimum atomic E-state index is -4.24. The minimum Gasteiger partial charge on any atom is -0.382 e. The Kier molecular flexibility index (Phi) is 5.76. The molecule has 3 heterocycles. The van der Waals surface area contributed by atoms with Crippen molar-refractivity contribution in [2.45, 2.75) is 64.3 Å². The maximum absolute atomic E-state index is 13.0. The van der Waals surface area contributed by atoms with Crippen LogP contribution in [0.2, 0.25) is 0 Å². The summed E-state index contributed by atoms with van der Waals surface area (Å²) in [7, 11) is 0. The van der Waals surface area contributed by atoms with E-state index in [1.165, 1.54) is 4.57 Å². The van der Waals surface area contributed by atoms with Gasteiger partial charge in [-0.3, -0.25) is 0 Å². The number of hydrogen-bond acceptors (Lipinski definition) is 4. The van der Waals surface area contributed by atoms with Crippen molar-refractivity contribution in [1.29, 1.82) is 0 Å². The second-order valence-corrected chi connectivity index (χ2v) is 8.90. The molecule has 0 radical (unpaired) electrons. The highest BCUT2D eigenvalue weighted by Crippen LogP contribution is 2.31. The lowest BCUT2D eigenvalue weighted by atomic mass is 10.0. The molecule has 0 saturated carbocycles. The summed E-state index contributed by atoms with van der Waals surface area (Å²) in [5.74, 6) is -0.496. The van der Waals surface area contributed by atoms with Crippen LogP contribution in [0.3, 0.4) is 0 Å². The molecule has 0 amide bonds. The van der Waals surface area contributed by atoms with Gasteiger partial charge in [-0.2, -0.15) is 13.2 Å². The minimum absolute atomic E-state index is 0.106. The molecule has 5 nitrogen and oxygen atoms in total. The first-order chi connectivity index (χ1) is 14.1. The number of nitrogens with zero attached hydrogens (tertiary/aromatic N) is 2. The van der Waals surface area contributed by atoms with Gasteiger partial charge < -0.3 is 24.3 Å². The van der Waals surface area contributed by atoms with E-state index in [2.05, 4.69) is 10.2 Å². The Morgan fingerprint density at radius 1 is 1.20 bits per heavy atom. The molecule has 2 aromatic rings. The fourth-order valence-electron chi connectivity index (χ4n) is 4.55. The zero-order valence-corrected chi connectivity index (χ0v) is 17.8. The maximum atomic E-state index is 13.0. The summed E-state index contributed by atoms with van der Waals surface area (Å²) < 4.78 is 51.8. The molecule has 166 valence electrons. The fraction of sp³-hybridized carbons (Fsp3) is 0.636. The summed E-state index contributed by atoms with van der Waals surface area (Å²) in [6.45, 7) is 8.05. The Labute approximate surface area is 175 Å². The molecule has 2 saturated heterocycles. The summed E-state index contributed by atoms with van der Waals surface area (Å²) in [6.07, 6.45) is -2.17. The van der Waals surface area contributed by atoms with Gasteiger partial charge in [-0.05, 0) is 51.8 Å². The third-order valence-corrected chi connectivity index (χ3v) is 5.97. The number of piperidine rings is 1.